The summed E-state index contributed by atoms with van der Waals surface area (Å²) in [5.74, 6) is -0.469. The van der Waals surface area contributed by atoms with E-state index >= 15 is 0 Å². The second kappa shape index (κ2) is 8.30. The van der Waals surface area contributed by atoms with E-state index in [4.69, 9.17) is 20.8 Å². The Morgan fingerprint density at radius 2 is 1.86 bits per heavy atom. The van der Waals surface area contributed by atoms with Crippen molar-refractivity contribution in [3.8, 4) is 5.75 Å². The molecule has 0 aliphatic rings. The second-order valence-corrected chi connectivity index (χ2v) is 7.31. The van der Waals surface area contributed by atoms with Gasteiger partial charge in [-0.3, -0.25) is 4.79 Å². The van der Waals surface area contributed by atoms with Gasteiger partial charge in [-0.15, -0.1) is 11.3 Å². The van der Waals surface area contributed by atoms with Crippen LogP contribution >= 0.6 is 22.9 Å². The number of nitrogens with one attached hydrogen (secondary N) is 1. The summed E-state index contributed by atoms with van der Waals surface area (Å²) in [6.07, 6.45) is 2.88. The minimum absolute atomic E-state index is 0.123. The number of carbonyl (C=O) groups is 2. The molecule has 144 valence electrons. The standard InChI is InChI=1S/C21H13ClN2O4S/c22-18-15-4-1-2-6-17(15)29-19(18)20(25)24-23-12-13-7-9-14(10-8-13)28-21(26)16-5-3-11-27-16/h1-12H,(H,24,25). The van der Waals surface area contributed by atoms with E-state index in [0.29, 0.717) is 21.2 Å². The van der Waals surface area contributed by atoms with E-state index in [9.17, 15) is 9.59 Å². The number of halogens is 1. The Kier molecular flexibility index (Phi) is 5.41. The number of esters is 1. The third kappa shape index (κ3) is 4.21. The molecule has 4 aromatic rings. The normalized spacial score (nSPS) is 11.1. The van der Waals surface area contributed by atoms with Crippen molar-refractivity contribution in [2.45, 2.75) is 0 Å². The summed E-state index contributed by atoms with van der Waals surface area (Å²) in [6.45, 7) is 0. The van der Waals surface area contributed by atoms with Gasteiger partial charge in [-0.25, -0.2) is 10.2 Å². The van der Waals surface area contributed by atoms with E-state index in [1.165, 1.54) is 29.9 Å². The van der Waals surface area contributed by atoms with Gasteiger partial charge >= 0.3 is 5.97 Å². The van der Waals surface area contributed by atoms with Crippen molar-refractivity contribution < 1.29 is 18.7 Å². The number of amides is 1. The molecule has 2 aromatic carbocycles. The Balaban J connectivity index is 1.38. The summed E-state index contributed by atoms with van der Waals surface area (Å²) >= 11 is 7.60. The van der Waals surface area contributed by atoms with Gasteiger partial charge in [-0.05, 0) is 48.0 Å². The minimum Gasteiger partial charge on any atom is -0.457 e. The second-order valence-electron chi connectivity index (χ2n) is 5.88. The Morgan fingerprint density at radius 1 is 1.07 bits per heavy atom. The van der Waals surface area contributed by atoms with Crippen LogP contribution < -0.4 is 10.2 Å². The predicted molar refractivity (Wildman–Crippen MR) is 112 cm³/mol. The molecule has 4 rings (SSSR count). The highest BCUT2D eigenvalue weighted by molar-refractivity contribution is 7.21. The molecule has 29 heavy (non-hydrogen) atoms. The fraction of sp³-hybridized carbons (Fsp3) is 0. The summed E-state index contributed by atoms with van der Waals surface area (Å²) in [7, 11) is 0. The van der Waals surface area contributed by atoms with Gasteiger partial charge in [-0.2, -0.15) is 5.10 Å². The average molecular weight is 425 g/mol. The number of thiophene rings is 1. The molecular formula is C21H13ClN2O4S. The Labute approximate surface area is 174 Å². The maximum absolute atomic E-state index is 12.3. The summed E-state index contributed by atoms with van der Waals surface area (Å²) in [5, 5.41) is 5.22. The molecular weight excluding hydrogens is 412 g/mol. The van der Waals surface area contributed by atoms with E-state index in [2.05, 4.69) is 10.5 Å². The first-order chi connectivity index (χ1) is 14.1. The lowest BCUT2D eigenvalue weighted by atomic mass is 10.2. The van der Waals surface area contributed by atoms with Gasteiger partial charge in [0.05, 0.1) is 17.5 Å². The van der Waals surface area contributed by atoms with E-state index in [0.717, 1.165) is 10.1 Å². The molecule has 0 atom stereocenters. The van der Waals surface area contributed by atoms with Crippen molar-refractivity contribution in [1.29, 1.82) is 0 Å². The highest BCUT2D eigenvalue weighted by Gasteiger charge is 2.16. The number of rotatable bonds is 5. The van der Waals surface area contributed by atoms with Gasteiger partial charge in [0.25, 0.3) is 5.91 Å². The SMILES string of the molecule is O=C(Oc1ccc(C=NNC(=O)c2sc3ccccc3c2Cl)cc1)c1ccco1. The highest BCUT2D eigenvalue weighted by atomic mass is 35.5. The smallest absolute Gasteiger partial charge is 0.379 e. The average Bonchev–Trinajstić information content (AvgIpc) is 3.38. The molecule has 0 fully saturated rings. The molecule has 2 aromatic heterocycles. The van der Waals surface area contributed by atoms with E-state index in [1.54, 1.807) is 30.3 Å². The number of hydrogen-bond donors (Lipinski definition) is 1. The van der Waals surface area contributed by atoms with Crippen LogP contribution in [-0.2, 0) is 0 Å². The van der Waals surface area contributed by atoms with Crippen LogP contribution in [0.3, 0.4) is 0 Å². The number of carbonyl (C=O) groups excluding carboxylic acids is 2. The molecule has 1 N–H and O–H groups in total. The fourth-order valence-corrected chi connectivity index (χ4v) is 3.96. The van der Waals surface area contributed by atoms with Gasteiger partial charge in [-0.1, -0.05) is 29.8 Å². The molecule has 0 spiro atoms. The number of fused-ring (bicyclic) bond motifs is 1. The third-order valence-electron chi connectivity index (χ3n) is 3.93. The maximum Gasteiger partial charge on any atom is 0.379 e. The van der Waals surface area contributed by atoms with Crippen LogP contribution in [-0.4, -0.2) is 18.1 Å². The summed E-state index contributed by atoms with van der Waals surface area (Å²) in [6, 6.07) is 17.3. The molecule has 0 aliphatic heterocycles. The predicted octanol–water partition coefficient (Wildman–Crippen LogP) is 5.13. The van der Waals surface area contributed by atoms with Gasteiger partial charge in [0.2, 0.25) is 5.76 Å². The van der Waals surface area contributed by atoms with E-state index < -0.39 is 5.97 Å². The zero-order valence-electron chi connectivity index (χ0n) is 14.8. The van der Waals surface area contributed by atoms with E-state index in [1.807, 2.05) is 24.3 Å². The molecule has 6 nitrogen and oxygen atoms in total. The topological polar surface area (TPSA) is 80.9 Å². The van der Waals surface area contributed by atoms with Crippen molar-refractivity contribution in [2.75, 3.05) is 0 Å². The Bertz CT molecular complexity index is 1200. The number of hydrazone groups is 1. The molecule has 2 heterocycles. The van der Waals surface area contributed by atoms with Crippen LogP contribution in [0, 0.1) is 0 Å². The Morgan fingerprint density at radius 3 is 2.59 bits per heavy atom. The monoisotopic (exact) mass is 424 g/mol. The fourth-order valence-electron chi connectivity index (χ4n) is 2.55. The number of nitrogens with zero attached hydrogens (tertiary/aromatic N) is 1. The van der Waals surface area contributed by atoms with Crippen molar-refractivity contribution >= 4 is 51.1 Å². The zero-order chi connectivity index (χ0) is 20.2. The van der Waals surface area contributed by atoms with Crippen LogP contribution in [0.4, 0.5) is 0 Å². The quantitative estimate of drug-likeness (QED) is 0.208. The molecule has 0 saturated heterocycles. The number of benzene rings is 2. The third-order valence-corrected chi connectivity index (χ3v) is 5.61. The highest BCUT2D eigenvalue weighted by Crippen LogP contribution is 2.34. The molecule has 0 bridgehead atoms. The van der Waals surface area contributed by atoms with Crippen molar-refractivity contribution in [3.63, 3.8) is 0 Å². The summed E-state index contributed by atoms with van der Waals surface area (Å²) < 4.78 is 11.1. The first-order valence-electron chi connectivity index (χ1n) is 8.48. The molecule has 0 saturated carbocycles. The number of hydrogen-bond acceptors (Lipinski definition) is 6. The lowest BCUT2D eigenvalue weighted by molar-refractivity contribution is 0.0701. The molecule has 0 radical (unpaired) electrons. The van der Waals surface area contributed by atoms with E-state index in [-0.39, 0.29) is 11.7 Å². The van der Waals surface area contributed by atoms with Crippen molar-refractivity contribution in [2.24, 2.45) is 5.10 Å². The summed E-state index contributed by atoms with van der Waals surface area (Å²) in [4.78, 5) is 24.6. The molecule has 0 aliphatic carbocycles. The minimum atomic E-state index is -0.580. The lowest BCUT2D eigenvalue weighted by Crippen LogP contribution is -2.16. The number of ether oxygens (including phenoxy) is 1. The van der Waals surface area contributed by atoms with Crippen LogP contribution in [0.25, 0.3) is 10.1 Å². The lowest BCUT2D eigenvalue weighted by Gasteiger charge is -2.02. The summed E-state index contributed by atoms with van der Waals surface area (Å²) in [5.41, 5.74) is 3.19. The van der Waals surface area contributed by atoms with Crippen LogP contribution in [0.15, 0.2) is 76.4 Å². The number of furan rings is 1. The van der Waals surface area contributed by atoms with Crippen molar-refractivity contribution in [3.05, 3.63) is 88.2 Å². The first kappa shape index (κ1) is 18.9. The van der Waals surface area contributed by atoms with Crippen molar-refractivity contribution in [1.82, 2.24) is 5.43 Å². The van der Waals surface area contributed by atoms with Gasteiger partial charge in [0.15, 0.2) is 0 Å². The Hall–Kier alpha value is -3.42. The van der Waals surface area contributed by atoms with Gasteiger partial charge in [0.1, 0.15) is 10.6 Å². The van der Waals surface area contributed by atoms with Crippen LogP contribution in [0.1, 0.15) is 25.8 Å². The van der Waals surface area contributed by atoms with Crippen LogP contribution in [0.2, 0.25) is 5.02 Å². The van der Waals surface area contributed by atoms with Gasteiger partial charge in [0, 0.05) is 10.1 Å². The molecule has 0 unspecified atom stereocenters. The maximum atomic E-state index is 12.3. The molecule has 1 amide bonds. The largest absolute Gasteiger partial charge is 0.457 e. The zero-order valence-corrected chi connectivity index (χ0v) is 16.4. The van der Waals surface area contributed by atoms with Gasteiger partial charge < -0.3 is 9.15 Å². The van der Waals surface area contributed by atoms with Crippen LogP contribution in [0.5, 0.6) is 5.75 Å². The first-order valence-corrected chi connectivity index (χ1v) is 9.67. The molecule has 8 heteroatoms.